The number of nitrogens with zero attached hydrogens (tertiary/aromatic N) is 1. The Bertz CT molecular complexity index is 861. The van der Waals surface area contributed by atoms with Crippen LogP contribution in [0.3, 0.4) is 0 Å². The van der Waals surface area contributed by atoms with Gasteiger partial charge < -0.3 is 24.2 Å². The summed E-state index contributed by atoms with van der Waals surface area (Å²) in [6, 6.07) is 1.03. The van der Waals surface area contributed by atoms with Gasteiger partial charge in [-0.1, -0.05) is 6.92 Å². The molecular formula is C12H20N2O11P2. The number of phosphoric acid groups is 1. The van der Waals surface area contributed by atoms with Crippen LogP contribution in [0.25, 0.3) is 0 Å². The van der Waals surface area contributed by atoms with Crippen molar-refractivity contribution in [2.75, 3.05) is 19.9 Å². The Kier molecular flexibility index (Phi) is 6.96. The number of rotatable bonds is 8. The molecule has 13 nitrogen and oxygen atoms in total. The van der Waals surface area contributed by atoms with Crippen molar-refractivity contribution in [2.24, 2.45) is 0 Å². The molecule has 5 atom stereocenters. The van der Waals surface area contributed by atoms with E-state index in [0.717, 1.165) is 16.8 Å². The highest BCUT2D eigenvalue weighted by atomic mass is 31.2. The normalized spacial score (nSPS) is 28.2. The summed E-state index contributed by atoms with van der Waals surface area (Å²) in [4.78, 5) is 52.9. The fourth-order valence-electron chi connectivity index (χ4n) is 2.53. The SMILES string of the molecule is CCP(=O)(O)O[C@@H]1[C@H](OC)[C@@H](COP(=O)(O)O)O[C@H]1n1ccc(=O)[nH]c1=O. The molecule has 0 aliphatic carbocycles. The minimum absolute atomic E-state index is 0.239. The molecule has 1 fully saturated rings. The fourth-order valence-corrected chi connectivity index (χ4v) is 3.62. The van der Waals surface area contributed by atoms with Gasteiger partial charge >= 0.3 is 21.1 Å². The highest BCUT2D eigenvalue weighted by molar-refractivity contribution is 7.52. The topological polar surface area (TPSA) is 187 Å². The molecule has 1 aliphatic heterocycles. The first-order valence-corrected chi connectivity index (χ1v) is 11.0. The summed E-state index contributed by atoms with van der Waals surface area (Å²) in [5.41, 5.74) is -1.55. The number of ether oxygens (including phenoxy) is 2. The lowest BCUT2D eigenvalue weighted by Gasteiger charge is -2.25. The van der Waals surface area contributed by atoms with E-state index >= 15 is 0 Å². The summed E-state index contributed by atoms with van der Waals surface area (Å²) in [5, 5.41) is 0. The Balaban J connectivity index is 2.40. The molecule has 15 heteroatoms. The third-order valence-corrected chi connectivity index (χ3v) is 5.63. The highest BCUT2D eigenvalue weighted by Crippen LogP contribution is 2.48. The first kappa shape index (κ1) is 22.2. The monoisotopic (exact) mass is 430 g/mol. The smallest absolute Gasteiger partial charge is 0.376 e. The van der Waals surface area contributed by atoms with Gasteiger partial charge in [0.1, 0.15) is 18.3 Å². The van der Waals surface area contributed by atoms with Gasteiger partial charge in [-0.15, -0.1) is 0 Å². The molecule has 1 saturated heterocycles. The van der Waals surface area contributed by atoms with Gasteiger partial charge in [0.15, 0.2) is 6.23 Å². The summed E-state index contributed by atoms with van der Waals surface area (Å²) in [7, 11) is -7.68. The van der Waals surface area contributed by atoms with Crippen molar-refractivity contribution < 1.29 is 42.3 Å². The van der Waals surface area contributed by atoms with Gasteiger partial charge in [0, 0.05) is 25.5 Å². The zero-order valence-corrected chi connectivity index (χ0v) is 16.1. The summed E-state index contributed by atoms with van der Waals surface area (Å²) in [6.07, 6.45) is -4.02. The van der Waals surface area contributed by atoms with Crippen molar-refractivity contribution in [2.45, 2.75) is 31.5 Å². The third kappa shape index (κ3) is 5.67. The molecule has 1 aromatic heterocycles. The zero-order valence-electron chi connectivity index (χ0n) is 14.3. The van der Waals surface area contributed by atoms with E-state index in [1.54, 1.807) is 0 Å². The van der Waals surface area contributed by atoms with Crippen LogP contribution < -0.4 is 11.2 Å². The Morgan fingerprint density at radius 2 is 1.93 bits per heavy atom. The first-order chi connectivity index (χ1) is 12.5. The number of aromatic nitrogens is 2. The number of hydrogen-bond donors (Lipinski definition) is 4. The van der Waals surface area contributed by atoms with E-state index in [0.29, 0.717) is 0 Å². The second-order valence-electron chi connectivity index (χ2n) is 5.59. The van der Waals surface area contributed by atoms with Crippen LogP contribution in [-0.4, -0.2) is 62.4 Å². The lowest BCUT2D eigenvalue weighted by molar-refractivity contribution is -0.0550. The second kappa shape index (κ2) is 8.48. The average molecular weight is 430 g/mol. The summed E-state index contributed by atoms with van der Waals surface area (Å²) in [6.45, 7) is 0.771. The maximum Gasteiger partial charge on any atom is 0.469 e. The van der Waals surface area contributed by atoms with E-state index in [4.69, 9.17) is 23.8 Å². The molecule has 0 amide bonds. The van der Waals surface area contributed by atoms with E-state index in [1.807, 2.05) is 4.98 Å². The molecule has 154 valence electrons. The molecule has 27 heavy (non-hydrogen) atoms. The Morgan fingerprint density at radius 3 is 2.44 bits per heavy atom. The number of methoxy groups -OCH3 is 1. The third-order valence-electron chi connectivity index (χ3n) is 3.78. The zero-order chi connectivity index (χ0) is 20.4. The van der Waals surface area contributed by atoms with Crippen molar-refractivity contribution in [3.05, 3.63) is 33.1 Å². The van der Waals surface area contributed by atoms with Crippen LogP contribution in [0.1, 0.15) is 13.2 Å². The molecule has 0 bridgehead atoms. The van der Waals surface area contributed by atoms with Gasteiger partial charge in [-0.05, 0) is 0 Å². The Morgan fingerprint density at radius 1 is 1.26 bits per heavy atom. The van der Waals surface area contributed by atoms with Crippen LogP contribution >= 0.6 is 15.4 Å². The lowest BCUT2D eigenvalue weighted by atomic mass is 10.1. The molecule has 0 aromatic carbocycles. The van der Waals surface area contributed by atoms with E-state index in [9.17, 15) is 23.6 Å². The molecule has 0 radical (unpaired) electrons. The molecule has 0 saturated carbocycles. The minimum atomic E-state index is -4.83. The van der Waals surface area contributed by atoms with Gasteiger partial charge in [0.25, 0.3) is 5.56 Å². The number of phosphoric ester groups is 1. The van der Waals surface area contributed by atoms with Crippen LogP contribution in [0.5, 0.6) is 0 Å². The number of hydrogen-bond acceptors (Lipinski definition) is 8. The molecule has 2 rings (SSSR count). The van der Waals surface area contributed by atoms with Gasteiger partial charge in [-0.3, -0.25) is 28.0 Å². The van der Waals surface area contributed by atoms with Crippen molar-refractivity contribution >= 4 is 15.4 Å². The highest BCUT2D eigenvalue weighted by Gasteiger charge is 2.50. The van der Waals surface area contributed by atoms with Crippen molar-refractivity contribution in [3.63, 3.8) is 0 Å². The average Bonchev–Trinajstić information content (AvgIpc) is 2.89. The number of nitrogens with one attached hydrogen (secondary N) is 1. The minimum Gasteiger partial charge on any atom is -0.376 e. The largest absolute Gasteiger partial charge is 0.469 e. The molecule has 2 heterocycles. The Labute approximate surface area is 152 Å². The maximum absolute atomic E-state index is 12.1. The molecular weight excluding hydrogens is 410 g/mol. The first-order valence-electron chi connectivity index (χ1n) is 7.67. The maximum atomic E-state index is 12.1. The standard InChI is InChI=1S/C12H20N2O11P2/c1-3-26(17,18)25-10-9(22-2)7(6-23-27(19,20)21)24-11(10)14-5-4-8(15)13-12(14)16/h4-5,7,9-11H,3,6H2,1-2H3,(H,17,18)(H,13,15,16)(H2,19,20,21)/t7-,9-,10-,11-/m1/s1. The Hall–Kier alpha value is -1.14. The van der Waals surface area contributed by atoms with E-state index in [-0.39, 0.29) is 6.16 Å². The van der Waals surface area contributed by atoms with E-state index in [2.05, 4.69) is 4.52 Å². The van der Waals surface area contributed by atoms with Crippen LogP contribution in [0.15, 0.2) is 21.9 Å². The van der Waals surface area contributed by atoms with Crippen LogP contribution in [0.2, 0.25) is 0 Å². The molecule has 1 aliphatic rings. The van der Waals surface area contributed by atoms with Crippen LogP contribution in [0.4, 0.5) is 0 Å². The fraction of sp³-hybridized carbons (Fsp3) is 0.667. The van der Waals surface area contributed by atoms with Crippen molar-refractivity contribution in [1.82, 2.24) is 9.55 Å². The van der Waals surface area contributed by atoms with Gasteiger partial charge in [-0.25, -0.2) is 9.36 Å². The van der Waals surface area contributed by atoms with Gasteiger partial charge in [0.2, 0.25) is 0 Å². The predicted octanol–water partition coefficient (Wildman–Crippen LogP) is -0.851. The van der Waals surface area contributed by atoms with Crippen molar-refractivity contribution in [3.8, 4) is 0 Å². The number of aromatic amines is 1. The van der Waals surface area contributed by atoms with Crippen LogP contribution in [-0.2, 0) is 27.7 Å². The second-order valence-corrected chi connectivity index (χ2v) is 8.95. The predicted molar refractivity (Wildman–Crippen MR) is 89.3 cm³/mol. The molecule has 1 unspecified atom stereocenters. The van der Waals surface area contributed by atoms with Gasteiger partial charge in [-0.2, -0.15) is 0 Å². The van der Waals surface area contributed by atoms with E-state index in [1.165, 1.54) is 14.0 Å². The quantitative estimate of drug-likeness (QED) is 0.376. The molecule has 0 spiro atoms. The van der Waals surface area contributed by atoms with Crippen LogP contribution in [0, 0.1) is 0 Å². The summed E-state index contributed by atoms with van der Waals surface area (Å²) in [5.74, 6) is 0. The van der Waals surface area contributed by atoms with Gasteiger partial charge in [0.05, 0.1) is 6.61 Å². The summed E-state index contributed by atoms with van der Waals surface area (Å²) >= 11 is 0. The van der Waals surface area contributed by atoms with Crippen molar-refractivity contribution in [1.29, 1.82) is 0 Å². The lowest BCUT2D eigenvalue weighted by Crippen LogP contribution is -2.40. The number of H-pyrrole nitrogens is 1. The van der Waals surface area contributed by atoms with E-state index < -0.39 is 57.8 Å². The molecule has 4 N–H and O–H groups in total. The summed E-state index contributed by atoms with van der Waals surface area (Å²) < 4.78 is 44.3. The molecule has 1 aromatic rings.